The Labute approximate surface area is 182 Å². The summed E-state index contributed by atoms with van der Waals surface area (Å²) < 4.78 is 11.6. The van der Waals surface area contributed by atoms with Crippen LogP contribution in [0.25, 0.3) is 0 Å². The van der Waals surface area contributed by atoms with Gasteiger partial charge in [-0.3, -0.25) is 14.4 Å². The summed E-state index contributed by atoms with van der Waals surface area (Å²) in [4.78, 5) is 36.4. The molecular formula is C24H29ClO5. The van der Waals surface area contributed by atoms with Gasteiger partial charge in [0.2, 0.25) is 0 Å². The number of allylic oxidation sites excluding steroid dienone is 2. The maximum absolute atomic E-state index is 13.1. The van der Waals surface area contributed by atoms with Gasteiger partial charge < -0.3 is 9.47 Å². The maximum atomic E-state index is 13.1. The normalized spacial score (nSPS) is 50.6. The molecule has 0 aromatic carbocycles. The van der Waals surface area contributed by atoms with Gasteiger partial charge >= 0.3 is 5.97 Å². The molecule has 0 amide bonds. The number of ether oxygens (including phenoxy) is 2. The minimum Gasteiger partial charge on any atom is -0.458 e. The molecule has 5 rings (SSSR count). The predicted molar refractivity (Wildman–Crippen MR) is 111 cm³/mol. The summed E-state index contributed by atoms with van der Waals surface area (Å²) in [6.07, 6.45) is 7.93. The van der Waals surface area contributed by atoms with E-state index in [1.54, 1.807) is 12.2 Å². The molecule has 5 nitrogen and oxygen atoms in total. The Hall–Kier alpha value is -1.46. The number of hydrogen-bond acceptors (Lipinski definition) is 5. The van der Waals surface area contributed by atoms with E-state index < -0.39 is 5.97 Å². The maximum Gasteiger partial charge on any atom is 0.303 e. The van der Waals surface area contributed by atoms with Crippen molar-refractivity contribution in [1.82, 2.24) is 0 Å². The molecule has 162 valence electrons. The van der Waals surface area contributed by atoms with Gasteiger partial charge in [0.1, 0.15) is 12.2 Å². The largest absolute Gasteiger partial charge is 0.458 e. The van der Waals surface area contributed by atoms with Crippen LogP contribution in [-0.4, -0.2) is 41.2 Å². The number of ketones is 2. The van der Waals surface area contributed by atoms with Gasteiger partial charge in [-0.15, -0.1) is 11.6 Å². The molecule has 1 aliphatic heterocycles. The molecular weight excluding hydrogens is 404 g/mol. The number of alkyl halides is 1. The quantitative estimate of drug-likeness (QED) is 0.386. The number of fused-ring (bicyclic) bond motifs is 3. The van der Waals surface area contributed by atoms with Crippen molar-refractivity contribution in [3.05, 3.63) is 23.8 Å². The Morgan fingerprint density at radius 2 is 2.00 bits per heavy atom. The molecule has 30 heavy (non-hydrogen) atoms. The van der Waals surface area contributed by atoms with E-state index in [-0.39, 0.29) is 63.8 Å². The molecule has 0 bridgehead atoms. The first-order valence-electron chi connectivity index (χ1n) is 11.0. The highest BCUT2D eigenvalue weighted by Gasteiger charge is 2.80. The van der Waals surface area contributed by atoms with Crippen molar-refractivity contribution >= 4 is 29.1 Å². The number of epoxide rings is 1. The third-order valence-corrected chi connectivity index (χ3v) is 9.44. The Bertz CT molecular complexity index is 907. The molecule has 3 saturated carbocycles. The molecule has 1 saturated heterocycles. The SMILES string of the molecule is CC(=O)OCC(=O)[C@H]1[C@H](C)C[C@H]2[C@@H]3C[C@H](Cl)C4=CC(=O)C=C[C@]4(C)[C@@]34O[C@H]4C[C@@]21C. The average Bonchev–Trinajstić information content (AvgIpc) is 3.31. The molecule has 0 radical (unpaired) electrons. The van der Waals surface area contributed by atoms with Crippen LogP contribution < -0.4 is 0 Å². The third-order valence-electron chi connectivity index (χ3n) is 9.03. The number of carbonyl (C=O) groups is 3. The van der Waals surface area contributed by atoms with Crippen LogP contribution in [0.2, 0.25) is 0 Å². The third kappa shape index (κ3) is 2.42. The number of Topliss-reactive ketones (excluding diaryl/α,β-unsaturated/α-hetero) is 1. The minimum absolute atomic E-state index is 0.00792. The van der Waals surface area contributed by atoms with E-state index in [1.807, 2.05) is 6.08 Å². The molecule has 4 fully saturated rings. The van der Waals surface area contributed by atoms with Gasteiger partial charge in [0.15, 0.2) is 11.6 Å². The molecule has 5 aliphatic rings. The Morgan fingerprint density at radius 1 is 1.27 bits per heavy atom. The van der Waals surface area contributed by atoms with Crippen molar-refractivity contribution in [3.63, 3.8) is 0 Å². The van der Waals surface area contributed by atoms with Crippen molar-refractivity contribution in [2.75, 3.05) is 6.61 Å². The molecule has 0 unspecified atom stereocenters. The lowest BCUT2D eigenvalue weighted by Crippen LogP contribution is -2.59. The standard InChI is InChI=1S/C24H29ClO5/c1-12-7-15-16-9-18(25)17-8-14(27)5-6-23(17,4)24(16)20(30-24)10-22(15,3)21(12)19(28)11-29-13(2)26/h5-6,8,12,15-16,18,20-21H,7,9-11H2,1-4H3/t12-,15+,16+,18+,20+,21-,22+,23+,24-/m1/s1. The Kier molecular flexibility index (Phi) is 4.29. The number of carbonyl (C=O) groups excluding carboxylic acids is 3. The first kappa shape index (κ1) is 20.4. The van der Waals surface area contributed by atoms with Gasteiger partial charge in [-0.25, -0.2) is 0 Å². The van der Waals surface area contributed by atoms with Crippen molar-refractivity contribution in [3.8, 4) is 0 Å². The fourth-order valence-electron chi connectivity index (χ4n) is 7.95. The smallest absolute Gasteiger partial charge is 0.303 e. The Morgan fingerprint density at radius 3 is 2.70 bits per heavy atom. The van der Waals surface area contributed by atoms with Gasteiger partial charge in [0, 0.05) is 18.3 Å². The number of hydrogen-bond donors (Lipinski definition) is 0. The van der Waals surface area contributed by atoms with E-state index in [0.717, 1.165) is 24.8 Å². The second kappa shape index (κ2) is 6.29. The highest BCUT2D eigenvalue weighted by Crippen LogP contribution is 2.76. The molecule has 6 heteroatoms. The summed E-state index contributed by atoms with van der Waals surface area (Å²) >= 11 is 6.87. The fraction of sp³-hybridized carbons (Fsp3) is 0.708. The van der Waals surface area contributed by atoms with Gasteiger partial charge in [-0.1, -0.05) is 19.9 Å². The van der Waals surface area contributed by atoms with E-state index in [2.05, 4.69) is 20.8 Å². The van der Waals surface area contributed by atoms with Crippen LogP contribution in [0.4, 0.5) is 0 Å². The monoisotopic (exact) mass is 432 g/mol. The first-order chi connectivity index (χ1) is 14.0. The zero-order valence-corrected chi connectivity index (χ0v) is 18.7. The van der Waals surface area contributed by atoms with E-state index in [1.165, 1.54) is 6.92 Å². The summed E-state index contributed by atoms with van der Waals surface area (Å²) in [5, 5.41) is -0.210. The molecule has 0 aromatic heterocycles. The zero-order valence-electron chi connectivity index (χ0n) is 17.9. The number of rotatable bonds is 3. The molecule has 9 atom stereocenters. The summed E-state index contributed by atoms with van der Waals surface area (Å²) in [6, 6.07) is 0. The molecule has 0 N–H and O–H groups in total. The Balaban J connectivity index is 1.51. The van der Waals surface area contributed by atoms with E-state index in [9.17, 15) is 14.4 Å². The summed E-state index contributed by atoms with van der Waals surface area (Å²) in [5.74, 6) is 0.203. The van der Waals surface area contributed by atoms with E-state index in [0.29, 0.717) is 5.92 Å². The van der Waals surface area contributed by atoms with Crippen LogP contribution in [0.15, 0.2) is 23.8 Å². The van der Waals surface area contributed by atoms with Gasteiger partial charge in [0.05, 0.1) is 11.5 Å². The van der Waals surface area contributed by atoms with Gasteiger partial charge in [-0.05, 0) is 67.1 Å². The van der Waals surface area contributed by atoms with Crippen molar-refractivity contribution in [1.29, 1.82) is 0 Å². The van der Waals surface area contributed by atoms with E-state index >= 15 is 0 Å². The number of halogens is 1. The highest BCUT2D eigenvalue weighted by atomic mass is 35.5. The van der Waals surface area contributed by atoms with Crippen LogP contribution >= 0.6 is 11.6 Å². The lowest BCUT2D eigenvalue weighted by atomic mass is 9.47. The predicted octanol–water partition coefficient (Wildman–Crippen LogP) is 3.64. The molecule has 0 aromatic rings. The second-order valence-corrected chi connectivity index (χ2v) is 11.0. The topological polar surface area (TPSA) is 73.0 Å². The summed E-state index contributed by atoms with van der Waals surface area (Å²) in [7, 11) is 0. The van der Waals surface area contributed by atoms with Crippen LogP contribution in [0.1, 0.15) is 47.0 Å². The zero-order chi connectivity index (χ0) is 21.6. The van der Waals surface area contributed by atoms with Crippen molar-refractivity contribution < 1.29 is 23.9 Å². The van der Waals surface area contributed by atoms with Crippen LogP contribution in [-0.2, 0) is 23.9 Å². The van der Waals surface area contributed by atoms with Crippen molar-refractivity contribution in [2.24, 2.45) is 34.5 Å². The van der Waals surface area contributed by atoms with Crippen LogP contribution in [0.5, 0.6) is 0 Å². The fourth-order valence-corrected chi connectivity index (χ4v) is 8.44. The summed E-state index contributed by atoms with van der Waals surface area (Å²) in [5.41, 5.74) is 0.0614. The van der Waals surface area contributed by atoms with Crippen LogP contribution in [0, 0.1) is 34.5 Å². The highest BCUT2D eigenvalue weighted by molar-refractivity contribution is 6.23. The summed E-state index contributed by atoms with van der Waals surface area (Å²) in [6.45, 7) is 7.71. The van der Waals surface area contributed by atoms with Crippen LogP contribution in [0.3, 0.4) is 0 Å². The van der Waals surface area contributed by atoms with Crippen molar-refractivity contribution in [2.45, 2.75) is 64.0 Å². The number of esters is 1. The van der Waals surface area contributed by atoms with E-state index in [4.69, 9.17) is 21.1 Å². The lowest BCUT2D eigenvalue weighted by Gasteiger charge is -2.55. The second-order valence-electron chi connectivity index (χ2n) is 10.5. The van der Waals surface area contributed by atoms with Gasteiger partial charge in [0.25, 0.3) is 0 Å². The minimum atomic E-state index is -0.424. The lowest BCUT2D eigenvalue weighted by molar-refractivity contribution is -0.149. The van der Waals surface area contributed by atoms with Gasteiger partial charge in [-0.2, -0.15) is 0 Å². The first-order valence-corrected chi connectivity index (χ1v) is 11.4. The average molecular weight is 433 g/mol. The molecule has 1 heterocycles. The molecule has 4 aliphatic carbocycles. The molecule has 1 spiro atoms.